The Labute approximate surface area is 64.5 Å². The topological polar surface area (TPSA) is 71.8 Å². The molecule has 0 aliphatic heterocycles. The molecular weight excluding hydrogens is 142 g/mol. The zero-order chi connectivity index (χ0) is 8.10. The molecule has 3 N–H and O–H groups in total. The van der Waals surface area contributed by atoms with Crippen molar-refractivity contribution in [2.75, 3.05) is 6.54 Å². The molecule has 4 heteroatoms. The molecule has 0 aliphatic carbocycles. The van der Waals surface area contributed by atoms with Crippen molar-refractivity contribution in [2.24, 2.45) is 5.73 Å². The van der Waals surface area contributed by atoms with Crippen molar-refractivity contribution in [3.05, 3.63) is 28.4 Å². The fourth-order valence-electron chi connectivity index (χ4n) is 0.808. The van der Waals surface area contributed by atoms with Crippen LogP contribution >= 0.6 is 0 Å². The average Bonchev–Trinajstić information content (AvgIpc) is 2.01. The van der Waals surface area contributed by atoms with Gasteiger partial charge >= 0.3 is 0 Å². The van der Waals surface area contributed by atoms with E-state index in [1.165, 1.54) is 12.3 Å². The second-order valence-electron chi connectivity index (χ2n) is 2.27. The molecule has 0 bridgehead atoms. The Morgan fingerprint density at radius 1 is 1.64 bits per heavy atom. The quantitative estimate of drug-likeness (QED) is 0.624. The molecule has 0 aliphatic rings. The van der Waals surface area contributed by atoms with Gasteiger partial charge in [-0.1, -0.05) is 0 Å². The SMILES string of the molecule is NCCCc1nccc(=O)[nH]1. The lowest BCUT2D eigenvalue weighted by Crippen LogP contribution is -2.10. The van der Waals surface area contributed by atoms with Gasteiger partial charge in [-0.15, -0.1) is 0 Å². The molecule has 4 nitrogen and oxygen atoms in total. The van der Waals surface area contributed by atoms with Crippen LogP contribution in [0.4, 0.5) is 0 Å². The normalized spacial score (nSPS) is 9.91. The summed E-state index contributed by atoms with van der Waals surface area (Å²) in [6.45, 7) is 0.624. The summed E-state index contributed by atoms with van der Waals surface area (Å²) < 4.78 is 0. The number of nitrogens with two attached hydrogens (primary N) is 1. The van der Waals surface area contributed by atoms with E-state index in [1.807, 2.05) is 0 Å². The second-order valence-corrected chi connectivity index (χ2v) is 2.27. The molecule has 0 atom stereocenters. The number of hydrogen-bond acceptors (Lipinski definition) is 3. The summed E-state index contributed by atoms with van der Waals surface area (Å²) in [6.07, 6.45) is 3.10. The Morgan fingerprint density at radius 3 is 3.09 bits per heavy atom. The van der Waals surface area contributed by atoms with E-state index in [-0.39, 0.29) is 5.56 Å². The fourth-order valence-corrected chi connectivity index (χ4v) is 0.808. The van der Waals surface area contributed by atoms with Crippen molar-refractivity contribution in [3.8, 4) is 0 Å². The first-order chi connectivity index (χ1) is 5.33. The zero-order valence-corrected chi connectivity index (χ0v) is 6.21. The lowest BCUT2D eigenvalue weighted by Gasteiger charge is -1.95. The van der Waals surface area contributed by atoms with Crippen molar-refractivity contribution in [1.29, 1.82) is 0 Å². The van der Waals surface area contributed by atoms with Crippen LogP contribution in [0.5, 0.6) is 0 Å². The van der Waals surface area contributed by atoms with Crippen LogP contribution in [0.15, 0.2) is 17.1 Å². The predicted octanol–water partition coefficient (Wildman–Crippen LogP) is -0.339. The highest BCUT2D eigenvalue weighted by atomic mass is 16.1. The Morgan fingerprint density at radius 2 is 2.45 bits per heavy atom. The van der Waals surface area contributed by atoms with Crippen molar-refractivity contribution < 1.29 is 0 Å². The highest BCUT2D eigenvalue weighted by molar-refractivity contribution is 4.89. The molecule has 0 amide bonds. The van der Waals surface area contributed by atoms with E-state index >= 15 is 0 Å². The number of aryl methyl sites for hydroxylation is 1. The van der Waals surface area contributed by atoms with E-state index in [4.69, 9.17) is 5.73 Å². The summed E-state index contributed by atoms with van der Waals surface area (Å²) in [5.41, 5.74) is 5.19. The molecule has 0 unspecified atom stereocenters. The minimum atomic E-state index is -0.105. The van der Waals surface area contributed by atoms with Gasteiger partial charge in [-0.2, -0.15) is 0 Å². The summed E-state index contributed by atoms with van der Waals surface area (Å²) in [6, 6.07) is 1.39. The summed E-state index contributed by atoms with van der Waals surface area (Å²) in [7, 11) is 0. The average molecular weight is 153 g/mol. The fraction of sp³-hybridized carbons (Fsp3) is 0.429. The van der Waals surface area contributed by atoms with E-state index < -0.39 is 0 Å². The number of hydrogen-bond donors (Lipinski definition) is 2. The van der Waals surface area contributed by atoms with Crippen LogP contribution in [0.25, 0.3) is 0 Å². The van der Waals surface area contributed by atoms with Gasteiger partial charge in [0.15, 0.2) is 0 Å². The molecule has 0 fully saturated rings. The van der Waals surface area contributed by atoms with Crippen molar-refractivity contribution in [2.45, 2.75) is 12.8 Å². The van der Waals surface area contributed by atoms with Gasteiger partial charge in [0, 0.05) is 18.7 Å². The number of rotatable bonds is 3. The highest BCUT2D eigenvalue weighted by Crippen LogP contribution is 1.88. The Kier molecular flexibility index (Phi) is 2.80. The zero-order valence-electron chi connectivity index (χ0n) is 6.21. The highest BCUT2D eigenvalue weighted by Gasteiger charge is 1.92. The van der Waals surface area contributed by atoms with Gasteiger partial charge in [-0.25, -0.2) is 4.98 Å². The Bertz CT molecular complexity index is 268. The number of nitrogens with one attached hydrogen (secondary N) is 1. The predicted molar refractivity (Wildman–Crippen MR) is 42.2 cm³/mol. The van der Waals surface area contributed by atoms with Crippen molar-refractivity contribution >= 4 is 0 Å². The molecule has 0 radical (unpaired) electrons. The van der Waals surface area contributed by atoms with Crippen LogP contribution in [0, 0.1) is 0 Å². The van der Waals surface area contributed by atoms with Crippen LogP contribution < -0.4 is 11.3 Å². The first-order valence-corrected chi connectivity index (χ1v) is 3.57. The number of nitrogens with zero attached hydrogens (tertiary/aromatic N) is 1. The molecular formula is C7H11N3O. The van der Waals surface area contributed by atoms with Gasteiger partial charge in [-0.05, 0) is 13.0 Å². The third-order valence-corrected chi connectivity index (χ3v) is 1.34. The lowest BCUT2D eigenvalue weighted by atomic mass is 10.3. The largest absolute Gasteiger partial charge is 0.330 e. The summed E-state index contributed by atoms with van der Waals surface area (Å²) in [5, 5.41) is 0. The maximum absolute atomic E-state index is 10.7. The van der Waals surface area contributed by atoms with E-state index in [0.29, 0.717) is 12.4 Å². The second kappa shape index (κ2) is 3.88. The minimum Gasteiger partial charge on any atom is -0.330 e. The van der Waals surface area contributed by atoms with Crippen molar-refractivity contribution in [1.82, 2.24) is 9.97 Å². The van der Waals surface area contributed by atoms with Crippen LogP contribution in [0.1, 0.15) is 12.2 Å². The van der Waals surface area contributed by atoms with E-state index in [1.54, 1.807) is 0 Å². The number of H-pyrrole nitrogens is 1. The summed E-state index contributed by atoms with van der Waals surface area (Å²) in [4.78, 5) is 17.3. The van der Waals surface area contributed by atoms with Crippen LogP contribution in [-0.2, 0) is 6.42 Å². The molecule has 0 saturated heterocycles. The number of aromatic amines is 1. The van der Waals surface area contributed by atoms with E-state index in [2.05, 4.69) is 9.97 Å². The minimum absolute atomic E-state index is 0.105. The molecule has 1 heterocycles. The molecule has 11 heavy (non-hydrogen) atoms. The summed E-state index contributed by atoms with van der Waals surface area (Å²) in [5.74, 6) is 0.711. The monoisotopic (exact) mass is 153 g/mol. The first-order valence-electron chi connectivity index (χ1n) is 3.57. The third kappa shape index (κ3) is 2.51. The molecule has 1 aromatic heterocycles. The molecule has 0 saturated carbocycles. The van der Waals surface area contributed by atoms with Crippen LogP contribution in [0.3, 0.4) is 0 Å². The smallest absolute Gasteiger partial charge is 0.250 e. The van der Waals surface area contributed by atoms with Gasteiger partial charge in [-0.3, -0.25) is 4.79 Å². The third-order valence-electron chi connectivity index (χ3n) is 1.34. The van der Waals surface area contributed by atoms with Crippen molar-refractivity contribution in [3.63, 3.8) is 0 Å². The summed E-state index contributed by atoms with van der Waals surface area (Å²) >= 11 is 0. The lowest BCUT2D eigenvalue weighted by molar-refractivity contribution is 0.775. The molecule has 1 rings (SSSR count). The van der Waals surface area contributed by atoms with Gasteiger partial charge in [0.05, 0.1) is 0 Å². The first kappa shape index (κ1) is 7.94. The van der Waals surface area contributed by atoms with Gasteiger partial charge in [0.2, 0.25) is 0 Å². The molecule has 0 aromatic carbocycles. The molecule has 1 aromatic rings. The standard InChI is InChI=1S/C7H11N3O/c8-4-1-2-6-9-5-3-7(11)10-6/h3,5H,1-2,4,8H2,(H,9,10,11). The number of aromatic nitrogens is 2. The Balaban J connectivity index is 2.64. The van der Waals surface area contributed by atoms with E-state index in [0.717, 1.165) is 12.8 Å². The van der Waals surface area contributed by atoms with Crippen LogP contribution in [0.2, 0.25) is 0 Å². The Hall–Kier alpha value is -1.16. The van der Waals surface area contributed by atoms with E-state index in [9.17, 15) is 4.79 Å². The molecule has 60 valence electrons. The van der Waals surface area contributed by atoms with Gasteiger partial charge < -0.3 is 10.7 Å². The van der Waals surface area contributed by atoms with Gasteiger partial charge in [0.1, 0.15) is 5.82 Å². The maximum atomic E-state index is 10.7. The van der Waals surface area contributed by atoms with Crippen LogP contribution in [-0.4, -0.2) is 16.5 Å². The maximum Gasteiger partial charge on any atom is 0.250 e. The molecule has 0 spiro atoms. The van der Waals surface area contributed by atoms with Gasteiger partial charge in [0.25, 0.3) is 5.56 Å².